The molecule has 2 aromatic carbocycles. The number of hydrogen-bond acceptors (Lipinski definition) is 7. The van der Waals surface area contributed by atoms with Crippen LogP contribution >= 0.6 is 0 Å². The number of hydrogen-bond donors (Lipinski definition) is 0. The molecule has 2 heterocycles. The largest absolute Gasteiger partial charge is 0.497 e. The number of rotatable bonds is 8. The predicted molar refractivity (Wildman–Crippen MR) is 148 cm³/mol. The molecular weight excluding hydrogens is 520 g/mol. The van der Waals surface area contributed by atoms with Crippen LogP contribution in [0.5, 0.6) is 17.2 Å². The third kappa shape index (κ3) is 6.62. The lowest BCUT2D eigenvalue weighted by atomic mass is 10.0. The van der Waals surface area contributed by atoms with Crippen molar-refractivity contribution in [2.24, 2.45) is 5.92 Å². The highest BCUT2D eigenvalue weighted by atomic mass is 32.2. The second kappa shape index (κ2) is 11.5. The second-order valence-corrected chi connectivity index (χ2v) is 12.1. The van der Waals surface area contributed by atoms with Gasteiger partial charge in [-0.3, -0.25) is 9.36 Å². The zero-order valence-electron chi connectivity index (χ0n) is 22.7. The molecule has 1 fully saturated rings. The molecule has 10 heteroatoms. The van der Waals surface area contributed by atoms with Crippen LogP contribution in [0.25, 0.3) is 5.69 Å². The van der Waals surface area contributed by atoms with Gasteiger partial charge in [0.25, 0.3) is 5.56 Å². The number of methoxy groups -OCH3 is 1. The van der Waals surface area contributed by atoms with Crippen LogP contribution in [0.15, 0.2) is 76.6 Å². The minimum absolute atomic E-state index is 0.00552. The van der Waals surface area contributed by atoms with Crippen molar-refractivity contribution in [1.29, 1.82) is 0 Å². The van der Waals surface area contributed by atoms with Crippen LogP contribution in [0, 0.1) is 5.92 Å². The smallest absolute Gasteiger partial charge is 0.415 e. The van der Waals surface area contributed by atoms with Crippen molar-refractivity contribution in [1.82, 2.24) is 9.47 Å². The van der Waals surface area contributed by atoms with Crippen LogP contribution in [0.1, 0.15) is 33.6 Å². The zero-order chi connectivity index (χ0) is 28.3. The van der Waals surface area contributed by atoms with Gasteiger partial charge in [0.15, 0.2) is 9.84 Å². The fraction of sp³-hybridized carbons (Fsp3) is 0.379. The molecule has 208 valence electrons. The predicted octanol–water partition coefficient (Wildman–Crippen LogP) is 4.70. The van der Waals surface area contributed by atoms with Gasteiger partial charge in [0.1, 0.15) is 17.2 Å². The summed E-state index contributed by atoms with van der Waals surface area (Å²) >= 11 is 0. The Bertz CT molecular complexity index is 1470. The summed E-state index contributed by atoms with van der Waals surface area (Å²) in [4.78, 5) is 27.9. The number of carbonyl (C=O) groups is 1. The molecule has 1 saturated heterocycles. The first-order valence-electron chi connectivity index (χ1n) is 12.8. The first kappa shape index (κ1) is 28.2. The molecule has 3 aromatic rings. The molecule has 1 aliphatic rings. The third-order valence-corrected chi connectivity index (χ3v) is 8.28. The molecule has 0 saturated carbocycles. The Morgan fingerprint density at radius 1 is 1.00 bits per heavy atom. The van der Waals surface area contributed by atoms with Crippen LogP contribution in [-0.2, 0) is 9.84 Å². The fourth-order valence-electron chi connectivity index (χ4n) is 4.93. The Hall–Kier alpha value is -3.79. The van der Waals surface area contributed by atoms with E-state index in [1.54, 1.807) is 60.7 Å². The monoisotopic (exact) mass is 554 g/mol. The highest BCUT2D eigenvalue weighted by Gasteiger charge is 2.41. The zero-order valence-corrected chi connectivity index (χ0v) is 23.6. The fourth-order valence-corrected chi connectivity index (χ4v) is 5.56. The third-order valence-electron chi connectivity index (χ3n) is 7.15. The number of amides is 1. The van der Waals surface area contributed by atoms with E-state index in [2.05, 4.69) is 6.92 Å². The van der Waals surface area contributed by atoms with Crippen molar-refractivity contribution in [3.8, 4) is 22.9 Å². The molecule has 9 nitrogen and oxygen atoms in total. The highest BCUT2D eigenvalue weighted by Crippen LogP contribution is 2.33. The van der Waals surface area contributed by atoms with Gasteiger partial charge in [-0.1, -0.05) is 6.92 Å². The van der Waals surface area contributed by atoms with Crippen LogP contribution in [0.4, 0.5) is 4.79 Å². The van der Waals surface area contributed by atoms with E-state index in [4.69, 9.17) is 14.2 Å². The molecule has 0 aliphatic carbocycles. The highest BCUT2D eigenvalue weighted by molar-refractivity contribution is 7.90. The molecule has 3 unspecified atom stereocenters. The number of benzene rings is 2. The quantitative estimate of drug-likeness (QED) is 0.397. The molecule has 0 bridgehead atoms. The molecule has 0 radical (unpaired) electrons. The number of nitrogens with zero attached hydrogens (tertiary/aromatic N) is 2. The summed E-state index contributed by atoms with van der Waals surface area (Å²) in [5, 5.41) is 0. The van der Waals surface area contributed by atoms with Crippen molar-refractivity contribution in [2.75, 3.05) is 13.4 Å². The van der Waals surface area contributed by atoms with Gasteiger partial charge in [0.2, 0.25) is 0 Å². The normalized spacial score (nSPS) is 19.9. The van der Waals surface area contributed by atoms with E-state index in [-0.39, 0.29) is 28.6 Å². The van der Waals surface area contributed by atoms with Crippen LogP contribution in [-0.4, -0.2) is 55.5 Å². The van der Waals surface area contributed by atoms with E-state index in [9.17, 15) is 18.0 Å². The van der Waals surface area contributed by atoms with Gasteiger partial charge < -0.3 is 19.1 Å². The van der Waals surface area contributed by atoms with Gasteiger partial charge in [0.05, 0.1) is 18.1 Å². The summed E-state index contributed by atoms with van der Waals surface area (Å²) in [5.74, 6) is 1.84. The topological polar surface area (TPSA) is 104 Å². The average Bonchev–Trinajstić information content (AvgIpc) is 3.16. The molecule has 39 heavy (non-hydrogen) atoms. The summed E-state index contributed by atoms with van der Waals surface area (Å²) in [6, 6.07) is 16.0. The summed E-state index contributed by atoms with van der Waals surface area (Å²) in [6.45, 7) is 6.05. The van der Waals surface area contributed by atoms with Gasteiger partial charge in [0, 0.05) is 42.7 Å². The Morgan fingerprint density at radius 3 is 2.23 bits per heavy atom. The number of likely N-dealkylation sites (tertiary alicyclic amines) is 1. The first-order chi connectivity index (χ1) is 18.5. The van der Waals surface area contributed by atoms with Crippen molar-refractivity contribution >= 4 is 15.9 Å². The number of pyridine rings is 1. The van der Waals surface area contributed by atoms with Crippen LogP contribution < -0.4 is 19.8 Å². The lowest BCUT2D eigenvalue weighted by Gasteiger charge is -2.30. The van der Waals surface area contributed by atoms with E-state index in [0.29, 0.717) is 35.3 Å². The van der Waals surface area contributed by atoms with E-state index < -0.39 is 15.9 Å². The standard InChI is InChI=1S/C29H34N2O7S/c1-19-16-23(31(21(19)3)29(33)38-25-10-8-24(36-4)9-11-25)17-20(2)37-26-14-15-30(28(32)18-26)22-6-12-27(13-7-22)39(5,34)35/h6-15,18-21,23H,16-17H2,1-5H3/t19?,20-,21?,23?/m1/s1. The van der Waals surface area contributed by atoms with Gasteiger partial charge in [-0.2, -0.15) is 0 Å². The maximum Gasteiger partial charge on any atom is 0.415 e. The van der Waals surface area contributed by atoms with Gasteiger partial charge >= 0.3 is 6.09 Å². The Kier molecular flexibility index (Phi) is 8.34. The van der Waals surface area contributed by atoms with Crippen LogP contribution in [0.2, 0.25) is 0 Å². The molecular formula is C29H34N2O7S. The lowest BCUT2D eigenvalue weighted by Crippen LogP contribution is -2.44. The van der Waals surface area contributed by atoms with Crippen molar-refractivity contribution < 1.29 is 27.4 Å². The summed E-state index contributed by atoms with van der Waals surface area (Å²) in [5.41, 5.74) is 0.242. The van der Waals surface area contributed by atoms with Crippen molar-refractivity contribution in [3.63, 3.8) is 0 Å². The van der Waals surface area contributed by atoms with Crippen molar-refractivity contribution in [2.45, 2.75) is 56.7 Å². The summed E-state index contributed by atoms with van der Waals surface area (Å²) in [7, 11) is -1.74. The number of ether oxygens (including phenoxy) is 3. The number of aromatic nitrogens is 1. The van der Waals surface area contributed by atoms with E-state index in [1.165, 1.54) is 22.8 Å². The molecule has 1 aromatic heterocycles. The van der Waals surface area contributed by atoms with Gasteiger partial charge in [-0.15, -0.1) is 0 Å². The average molecular weight is 555 g/mol. The summed E-state index contributed by atoms with van der Waals surface area (Å²) in [6.07, 6.45) is 3.45. The molecule has 4 atom stereocenters. The first-order valence-corrected chi connectivity index (χ1v) is 14.7. The maximum absolute atomic E-state index is 13.1. The van der Waals surface area contributed by atoms with E-state index >= 15 is 0 Å². The second-order valence-electron chi connectivity index (χ2n) is 10.1. The maximum atomic E-state index is 13.1. The molecule has 4 rings (SSSR count). The Morgan fingerprint density at radius 2 is 1.64 bits per heavy atom. The summed E-state index contributed by atoms with van der Waals surface area (Å²) < 4.78 is 41.7. The SMILES string of the molecule is COc1ccc(OC(=O)N2C(C[C@@H](C)Oc3ccn(-c4ccc(S(C)(=O)=O)cc4)c(=O)c3)CC(C)C2C)cc1. The van der Waals surface area contributed by atoms with Gasteiger partial charge in [-0.05, 0) is 80.8 Å². The molecule has 1 amide bonds. The molecule has 0 N–H and O–H groups in total. The minimum Gasteiger partial charge on any atom is -0.497 e. The van der Waals surface area contributed by atoms with E-state index in [0.717, 1.165) is 12.7 Å². The van der Waals surface area contributed by atoms with E-state index in [1.807, 2.05) is 13.8 Å². The minimum atomic E-state index is -3.32. The Balaban J connectivity index is 1.42. The lowest BCUT2D eigenvalue weighted by molar-refractivity contribution is 0.110. The van der Waals surface area contributed by atoms with Crippen molar-refractivity contribution in [3.05, 3.63) is 77.2 Å². The van der Waals surface area contributed by atoms with Gasteiger partial charge in [-0.25, -0.2) is 13.2 Å². The molecule has 1 aliphatic heterocycles. The number of sulfone groups is 1. The van der Waals surface area contributed by atoms with Crippen LogP contribution in [0.3, 0.4) is 0 Å². The molecule has 0 spiro atoms. The Labute approximate surface area is 228 Å². The number of carbonyl (C=O) groups excluding carboxylic acids is 1.